The zero-order valence-corrected chi connectivity index (χ0v) is 17.7. The lowest BCUT2D eigenvalue weighted by Crippen LogP contribution is -2.30. The first-order valence-corrected chi connectivity index (χ1v) is 10.5. The van der Waals surface area contributed by atoms with Gasteiger partial charge >= 0.3 is 6.61 Å². The molecule has 4 rings (SSSR count). The Morgan fingerprint density at radius 3 is 2.68 bits per heavy atom. The second-order valence-corrected chi connectivity index (χ2v) is 8.21. The third-order valence-corrected chi connectivity index (χ3v) is 5.85. The maximum atomic E-state index is 12.8. The van der Waals surface area contributed by atoms with E-state index in [1.165, 1.54) is 24.0 Å². The molecule has 0 bridgehead atoms. The van der Waals surface area contributed by atoms with Crippen LogP contribution in [0.15, 0.2) is 70.1 Å². The van der Waals surface area contributed by atoms with Gasteiger partial charge in [0.1, 0.15) is 15.8 Å². The number of alkyl halides is 2. The molecular formula is C22H16F2N2O3S2. The summed E-state index contributed by atoms with van der Waals surface area (Å²) in [6.45, 7) is -2.42. The number of aromatic nitrogens is 1. The molecule has 0 spiro atoms. The number of rotatable bonds is 7. The van der Waals surface area contributed by atoms with E-state index < -0.39 is 6.61 Å². The summed E-state index contributed by atoms with van der Waals surface area (Å²) in [7, 11) is 0. The zero-order valence-electron chi connectivity index (χ0n) is 16.0. The number of furan rings is 1. The minimum absolute atomic E-state index is 0.154. The molecule has 0 radical (unpaired) electrons. The molecule has 9 heteroatoms. The highest BCUT2D eigenvalue weighted by Crippen LogP contribution is 2.33. The Morgan fingerprint density at radius 2 is 1.97 bits per heavy atom. The van der Waals surface area contributed by atoms with Crippen molar-refractivity contribution < 1.29 is 22.7 Å². The Kier molecular flexibility index (Phi) is 6.43. The van der Waals surface area contributed by atoms with Crippen molar-refractivity contribution in [3.8, 4) is 17.2 Å². The Hall–Kier alpha value is -3.04. The Morgan fingerprint density at radius 1 is 1.16 bits per heavy atom. The van der Waals surface area contributed by atoms with Gasteiger partial charge in [0.25, 0.3) is 5.91 Å². The van der Waals surface area contributed by atoms with E-state index in [9.17, 15) is 13.6 Å². The van der Waals surface area contributed by atoms with Crippen molar-refractivity contribution in [3.63, 3.8) is 0 Å². The Labute approximate surface area is 186 Å². The molecule has 1 aliphatic heterocycles. The number of carbonyl (C=O) groups is 1. The van der Waals surface area contributed by atoms with E-state index in [-0.39, 0.29) is 11.8 Å². The normalized spacial score (nSPS) is 15.3. The van der Waals surface area contributed by atoms with E-state index in [2.05, 4.69) is 9.72 Å². The molecule has 0 N–H and O–H groups in total. The van der Waals surface area contributed by atoms with Crippen LogP contribution < -0.4 is 4.74 Å². The molecule has 3 heterocycles. The van der Waals surface area contributed by atoms with E-state index in [0.717, 1.165) is 5.56 Å². The van der Waals surface area contributed by atoms with Crippen molar-refractivity contribution in [2.24, 2.45) is 0 Å². The SMILES string of the molecule is O=C1/C(=C/c2ccc(-c3ccc(OC(F)F)nc3)o2)SC(=S)N1CCc1ccccc1. The lowest BCUT2D eigenvalue weighted by Gasteiger charge is -2.14. The van der Waals surface area contributed by atoms with Crippen LogP contribution >= 0.6 is 24.0 Å². The largest absolute Gasteiger partial charge is 0.457 e. The van der Waals surface area contributed by atoms with E-state index in [0.29, 0.717) is 39.3 Å². The number of nitrogens with zero attached hydrogens (tertiary/aromatic N) is 2. The van der Waals surface area contributed by atoms with Gasteiger partial charge in [0.05, 0.1) is 4.91 Å². The summed E-state index contributed by atoms with van der Waals surface area (Å²) in [5.74, 6) is 0.636. The molecule has 3 aromatic rings. The van der Waals surface area contributed by atoms with Gasteiger partial charge in [-0.3, -0.25) is 9.69 Å². The predicted molar refractivity (Wildman–Crippen MR) is 119 cm³/mol. The van der Waals surface area contributed by atoms with Gasteiger partial charge < -0.3 is 9.15 Å². The maximum absolute atomic E-state index is 12.8. The molecule has 1 aliphatic rings. The van der Waals surface area contributed by atoms with Crippen molar-refractivity contribution in [2.45, 2.75) is 13.0 Å². The molecule has 1 saturated heterocycles. The van der Waals surface area contributed by atoms with Crippen LogP contribution in [0.3, 0.4) is 0 Å². The topological polar surface area (TPSA) is 55.6 Å². The van der Waals surface area contributed by atoms with Gasteiger partial charge in [0.15, 0.2) is 0 Å². The number of hydrogen-bond donors (Lipinski definition) is 0. The van der Waals surface area contributed by atoms with Gasteiger partial charge in [-0.15, -0.1) is 0 Å². The second-order valence-electron chi connectivity index (χ2n) is 6.53. The standard InChI is InChI=1S/C22H16F2N2O3S2/c23-21(24)29-19-9-6-15(13-25-19)17-8-7-16(28-17)12-18-20(27)26(22(30)31-18)11-10-14-4-2-1-3-5-14/h1-9,12-13,21H,10-11H2/b18-12-. The first kappa shape index (κ1) is 21.2. The lowest BCUT2D eigenvalue weighted by atomic mass is 10.1. The van der Waals surface area contributed by atoms with Crippen LogP contribution in [0.2, 0.25) is 0 Å². The zero-order chi connectivity index (χ0) is 21.8. The van der Waals surface area contributed by atoms with Crippen molar-refractivity contribution in [2.75, 3.05) is 6.54 Å². The number of pyridine rings is 1. The van der Waals surface area contributed by atoms with E-state index in [1.807, 2.05) is 30.3 Å². The van der Waals surface area contributed by atoms with Crippen LogP contribution in [0.5, 0.6) is 5.88 Å². The highest BCUT2D eigenvalue weighted by Gasteiger charge is 2.31. The number of ether oxygens (including phenoxy) is 1. The quantitative estimate of drug-likeness (QED) is 0.350. The molecule has 158 valence electrons. The minimum atomic E-state index is -2.93. The first-order valence-electron chi connectivity index (χ1n) is 9.30. The highest BCUT2D eigenvalue weighted by molar-refractivity contribution is 8.26. The number of thioether (sulfide) groups is 1. The van der Waals surface area contributed by atoms with Crippen molar-refractivity contribution in [3.05, 3.63) is 77.0 Å². The number of thiocarbonyl (C=S) groups is 1. The van der Waals surface area contributed by atoms with Gasteiger partial charge in [0, 0.05) is 30.4 Å². The van der Waals surface area contributed by atoms with Crippen LogP contribution in [0.1, 0.15) is 11.3 Å². The number of benzene rings is 1. The van der Waals surface area contributed by atoms with Crippen LogP contribution in [0, 0.1) is 0 Å². The van der Waals surface area contributed by atoms with Gasteiger partial charge in [-0.25, -0.2) is 4.98 Å². The molecule has 0 saturated carbocycles. The molecule has 0 aliphatic carbocycles. The molecule has 1 amide bonds. The summed E-state index contributed by atoms with van der Waals surface area (Å²) in [5.41, 5.74) is 1.73. The molecular weight excluding hydrogens is 442 g/mol. The van der Waals surface area contributed by atoms with E-state index in [4.69, 9.17) is 16.6 Å². The molecule has 1 aromatic carbocycles. The fourth-order valence-electron chi connectivity index (χ4n) is 2.98. The molecule has 0 atom stereocenters. The van der Waals surface area contributed by atoms with Gasteiger partial charge in [-0.2, -0.15) is 8.78 Å². The molecule has 1 fully saturated rings. The average Bonchev–Trinajstić information content (AvgIpc) is 3.32. The maximum Gasteiger partial charge on any atom is 0.388 e. The fraction of sp³-hybridized carbons (Fsp3) is 0.136. The van der Waals surface area contributed by atoms with E-state index in [1.54, 1.807) is 29.2 Å². The monoisotopic (exact) mass is 458 g/mol. The van der Waals surface area contributed by atoms with Crippen molar-refractivity contribution in [1.82, 2.24) is 9.88 Å². The summed E-state index contributed by atoms with van der Waals surface area (Å²) < 4.78 is 35.0. The molecule has 0 unspecified atom stereocenters. The number of carbonyl (C=O) groups excluding carboxylic acids is 1. The third-order valence-electron chi connectivity index (χ3n) is 4.47. The fourth-order valence-corrected chi connectivity index (χ4v) is 4.27. The third kappa shape index (κ3) is 5.18. The summed E-state index contributed by atoms with van der Waals surface area (Å²) in [5, 5.41) is 0. The van der Waals surface area contributed by atoms with E-state index >= 15 is 0 Å². The lowest BCUT2D eigenvalue weighted by molar-refractivity contribution is -0.122. The van der Waals surface area contributed by atoms with Crippen LogP contribution in [-0.2, 0) is 11.2 Å². The number of hydrogen-bond acceptors (Lipinski definition) is 6. The Bertz CT molecular complexity index is 1120. The smallest absolute Gasteiger partial charge is 0.388 e. The average molecular weight is 459 g/mol. The summed E-state index contributed by atoms with van der Waals surface area (Å²) >= 11 is 6.61. The number of halogens is 2. The van der Waals surface area contributed by atoms with Gasteiger partial charge in [0.2, 0.25) is 5.88 Å². The van der Waals surface area contributed by atoms with Crippen LogP contribution in [-0.4, -0.2) is 33.3 Å². The second kappa shape index (κ2) is 9.40. The van der Waals surface area contributed by atoms with Gasteiger partial charge in [-0.05, 0) is 30.2 Å². The molecule has 31 heavy (non-hydrogen) atoms. The molecule has 2 aromatic heterocycles. The molecule has 5 nitrogen and oxygen atoms in total. The van der Waals surface area contributed by atoms with Crippen molar-refractivity contribution >= 4 is 40.3 Å². The van der Waals surface area contributed by atoms with Crippen LogP contribution in [0.4, 0.5) is 8.78 Å². The first-order chi connectivity index (χ1) is 15.0. The minimum Gasteiger partial charge on any atom is -0.457 e. The van der Waals surface area contributed by atoms with Crippen LogP contribution in [0.25, 0.3) is 17.4 Å². The Balaban J connectivity index is 1.44. The highest BCUT2D eigenvalue weighted by atomic mass is 32.2. The number of amides is 1. The van der Waals surface area contributed by atoms with Crippen molar-refractivity contribution in [1.29, 1.82) is 0 Å². The summed E-state index contributed by atoms with van der Waals surface area (Å²) in [6, 6.07) is 16.2. The summed E-state index contributed by atoms with van der Waals surface area (Å²) in [4.78, 5) is 18.7. The van der Waals surface area contributed by atoms with Gasteiger partial charge in [-0.1, -0.05) is 54.3 Å². The predicted octanol–water partition coefficient (Wildman–Crippen LogP) is 5.39. The summed E-state index contributed by atoms with van der Waals surface area (Å²) in [6.07, 6.45) is 3.74.